The van der Waals surface area contributed by atoms with Crippen LogP contribution in [0.15, 0.2) is 12.3 Å². The van der Waals surface area contributed by atoms with E-state index in [1.165, 1.54) is 0 Å². The summed E-state index contributed by atoms with van der Waals surface area (Å²) in [6, 6.07) is 0. The van der Waals surface area contributed by atoms with Crippen molar-refractivity contribution in [2.45, 2.75) is 79.2 Å². The minimum absolute atomic E-state index is 0.0226. The molecule has 0 saturated carbocycles. The lowest BCUT2D eigenvalue weighted by atomic mass is 9.82. The number of esters is 1. The van der Waals surface area contributed by atoms with Gasteiger partial charge < -0.3 is 9.64 Å². The topological polar surface area (TPSA) is 46.6 Å². The van der Waals surface area contributed by atoms with E-state index >= 15 is 0 Å². The second-order valence-corrected chi connectivity index (χ2v) is 8.41. The van der Waals surface area contributed by atoms with Crippen LogP contribution in [0.3, 0.4) is 0 Å². The van der Waals surface area contributed by atoms with E-state index in [1.54, 1.807) is 24.2 Å². The minimum Gasteiger partial charge on any atom is -0.462 e. The van der Waals surface area contributed by atoms with Crippen molar-refractivity contribution >= 4 is 11.9 Å². The highest BCUT2D eigenvalue weighted by Crippen LogP contribution is 2.30. The van der Waals surface area contributed by atoms with E-state index in [9.17, 15) is 9.59 Å². The van der Waals surface area contributed by atoms with E-state index in [-0.39, 0.29) is 35.7 Å². The van der Waals surface area contributed by atoms with Gasteiger partial charge in [-0.1, -0.05) is 60.0 Å². The molecule has 138 valence electrons. The Morgan fingerprint density at radius 2 is 1.75 bits per heavy atom. The van der Waals surface area contributed by atoms with Crippen LogP contribution in [0.2, 0.25) is 0 Å². The predicted octanol–water partition coefficient (Wildman–Crippen LogP) is 4.54. The molecule has 0 aliphatic carbocycles. The quantitative estimate of drug-likeness (QED) is 0.610. The van der Waals surface area contributed by atoms with E-state index in [4.69, 9.17) is 4.74 Å². The predicted molar refractivity (Wildman–Crippen MR) is 97.3 cm³/mol. The van der Waals surface area contributed by atoms with Crippen LogP contribution in [0.1, 0.15) is 73.1 Å². The molecule has 0 saturated heterocycles. The number of cyclic esters (lactones) is 1. The van der Waals surface area contributed by atoms with Gasteiger partial charge in [0.15, 0.2) is 0 Å². The van der Waals surface area contributed by atoms with Crippen LogP contribution >= 0.6 is 0 Å². The van der Waals surface area contributed by atoms with Crippen LogP contribution < -0.4 is 0 Å². The molecule has 0 aromatic heterocycles. The number of hydrogen-bond donors (Lipinski definition) is 0. The lowest BCUT2D eigenvalue weighted by Gasteiger charge is -2.32. The maximum atomic E-state index is 12.3. The molecule has 1 rings (SSSR count). The Labute approximate surface area is 147 Å². The van der Waals surface area contributed by atoms with Gasteiger partial charge in [-0.15, -0.1) is 0 Å². The fourth-order valence-electron chi connectivity index (χ4n) is 3.06. The number of hydrogen-bond acceptors (Lipinski definition) is 3. The Balaban J connectivity index is 2.85. The van der Waals surface area contributed by atoms with E-state index in [0.29, 0.717) is 5.92 Å². The van der Waals surface area contributed by atoms with Crippen LogP contribution in [0.25, 0.3) is 0 Å². The summed E-state index contributed by atoms with van der Waals surface area (Å²) in [5.41, 5.74) is -0.0666. The first-order valence-electron chi connectivity index (χ1n) is 9.24. The summed E-state index contributed by atoms with van der Waals surface area (Å²) >= 11 is 0. The van der Waals surface area contributed by atoms with Crippen molar-refractivity contribution in [2.75, 3.05) is 7.05 Å². The first kappa shape index (κ1) is 20.7. The summed E-state index contributed by atoms with van der Waals surface area (Å²) in [6.45, 7) is 10.6. The van der Waals surface area contributed by atoms with E-state index in [2.05, 4.69) is 27.7 Å². The average molecular weight is 338 g/mol. The maximum absolute atomic E-state index is 12.3. The van der Waals surface area contributed by atoms with Gasteiger partial charge in [-0.25, -0.2) is 0 Å². The van der Waals surface area contributed by atoms with Crippen molar-refractivity contribution in [3.63, 3.8) is 0 Å². The monoisotopic (exact) mass is 337 g/mol. The van der Waals surface area contributed by atoms with Gasteiger partial charge in [0, 0.05) is 19.2 Å². The van der Waals surface area contributed by atoms with Crippen LogP contribution in [0.4, 0.5) is 0 Å². The minimum atomic E-state index is -0.220. The maximum Gasteiger partial charge on any atom is 0.309 e. The van der Waals surface area contributed by atoms with Crippen molar-refractivity contribution in [3.05, 3.63) is 12.3 Å². The molecule has 0 N–H and O–H groups in total. The average Bonchev–Trinajstić information content (AvgIpc) is 2.48. The molecule has 0 aromatic carbocycles. The van der Waals surface area contributed by atoms with Crippen LogP contribution in [-0.4, -0.2) is 29.9 Å². The fourth-order valence-corrected chi connectivity index (χ4v) is 3.06. The normalized spacial score (nSPS) is 30.2. The molecule has 1 amide bonds. The summed E-state index contributed by atoms with van der Waals surface area (Å²) in [5.74, 6) is 0.419. The van der Waals surface area contributed by atoms with Crippen molar-refractivity contribution in [2.24, 2.45) is 17.3 Å². The van der Waals surface area contributed by atoms with Gasteiger partial charge >= 0.3 is 5.97 Å². The Morgan fingerprint density at radius 3 is 2.38 bits per heavy atom. The van der Waals surface area contributed by atoms with Crippen molar-refractivity contribution < 1.29 is 14.3 Å². The molecular weight excluding hydrogens is 302 g/mol. The number of ether oxygens (including phenoxy) is 1. The molecule has 0 bridgehead atoms. The smallest absolute Gasteiger partial charge is 0.309 e. The zero-order valence-corrected chi connectivity index (χ0v) is 16.3. The first-order chi connectivity index (χ1) is 11.1. The van der Waals surface area contributed by atoms with Crippen LogP contribution in [0.5, 0.6) is 0 Å². The van der Waals surface area contributed by atoms with Gasteiger partial charge in [0.2, 0.25) is 5.91 Å². The standard InChI is InChI=1S/C20H35NO3/c1-15-10-7-8-11-16(2)19(23)21(6)13-9-12-18(22)24-17(14-15)20(3,4)5/h9,13,15-17H,7-8,10-12,14H2,1-6H3/b13-9+/t15-,16+,17+/m0/s1. The summed E-state index contributed by atoms with van der Waals surface area (Å²) in [6.07, 6.45) is 8.64. The SMILES string of the molecule is C[C@H]1CCCC[C@@H](C)C(=O)N(C)/C=C/CC(=O)O[C@@H](C(C)(C)C)C1. The zero-order valence-electron chi connectivity index (χ0n) is 16.3. The Hall–Kier alpha value is -1.32. The summed E-state index contributed by atoms with van der Waals surface area (Å²) in [7, 11) is 1.75. The fraction of sp³-hybridized carbons (Fsp3) is 0.800. The highest BCUT2D eigenvalue weighted by Gasteiger charge is 2.29. The van der Waals surface area contributed by atoms with E-state index in [1.807, 2.05) is 6.92 Å². The van der Waals surface area contributed by atoms with Gasteiger partial charge in [0.05, 0.1) is 6.42 Å². The molecule has 0 radical (unpaired) electrons. The molecule has 0 aromatic rings. The second kappa shape index (κ2) is 9.24. The molecule has 3 atom stereocenters. The Kier molecular flexibility index (Phi) is 7.98. The third-order valence-electron chi connectivity index (χ3n) is 4.82. The molecule has 24 heavy (non-hydrogen) atoms. The number of amides is 1. The number of nitrogens with zero attached hydrogens (tertiary/aromatic N) is 1. The van der Waals surface area contributed by atoms with E-state index < -0.39 is 0 Å². The van der Waals surface area contributed by atoms with E-state index in [0.717, 1.165) is 32.1 Å². The molecule has 4 nitrogen and oxygen atoms in total. The van der Waals surface area contributed by atoms with Crippen LogP contribution in [-0.2, 0) is 14.3 Å². The molecule has 0 fully saturated rings. The molecule has 0 spiro atoms. The third kappa shape index (κ3) is 7.06. The van der Waals surface area contributed by atoms with Crippen molar-refractivity contribution in [3.8, 4) is 0 Å². The highest BCUT2D eigenvalue weighted by molar-refractivity contribution is 5.79. The lowest BCUT2D eigenvalue weighted by Crippen LogP contribution is -2.33. The number of carbonyl (C=O) groups excluding carboxylic acids is 2. The van der Waals surface area contributed by atoms with Gasteiger partial charge in [-0.2, -0.15) is 0 Å². The third-order valence-corrected chi connectivity index (χ3v) is 4.82. The summed E-state index contributed by atoms with van der Waals surface area (Å²) < 4.78 is 5.75. The van der Waals surface area contributed by atoms with Crippen molar-refractivity contribution in [1.82, 2.24) is 4.90 Å². The van der Waals surface area contributed by atoms with Crippen molar-refractivity contribution in [1.29, 1.82) is 0 Å². The first-order valence-corrected chi connectivity index (χ1v) is 9.24. The largest absolute Gasteiger partial charge is 0.462 e. The summed E-state index contributed by atoms with van der Waals surface area (Å²) in [5, 5.41) is 0. The number of rotatable bonds is 0. The Bertz CT molecular complexity index is 450. The lowest BCUT2D eigenvalue weighted by molar-refractivity contribution is -0.155. The zero-order chi connectivity index (χ0) is 18.3. The molecule has 1 heterocycles. The molecule has 0 unspecified atom stereocenters. The molecule has 1 aliphatic heterocycles. The van der Waals surface area contributed by atoms with Gasteiger partial charge in [-0.3, -0.25) is 9.59 Å². The molecular formula is C20H35NO3. The Morgan fingerprint density at radius 1 is 1.12 bits per heavy atom. The number of carbonyl (C=O) groups is 2. The summed E-state index contributed by atoms with van der Waals surface area (Å²) in [4.78, 5) is 26.0. The highest BCUT2D eigenvalue weighted by atomic mass is 16.5. The van der Waals surface area contributed by atoms with Crippen LogP contribution in [0, 0.1) is 17.3 Å². The molecule has 1 aliphatic rings. The second-order valence-electron chi connectivity index (χ2n) is 8.41. The molecule has 4 heteroatoms. The van der Waals surface area contributed by atoms with Gasteiger partial charge in [0.1, 0.15) is 6.10 Å². The van der Waals surface area contributed by atoms with Gasteiger partial charge in [-0.05, 0) is 24.2 Å². The van der Waals surface area contributed by atoms with Gasteiger partial charge in [0.25, 0.3) is 0 Å².